The summed E-state index contributed by atoms with van der Waals surface area (Å²) in [5.41, 5.74) is 2.54. The number of anilines is 1. The van der Waals surface area contributed by atoms with E-state index in [0.29, 0.717) is 17.9 Å². The Labute approximate surface area is 129 Å². The van der Waals surface area contributed by atoms with E-state index < -0.39 is 0 Å². The third kappa shape index (κ3) is 4.99. The first-order valence-electron chi connectivity index (χ1n) is 7.55. The van der Waals surface area contributed by atoms with Crippen LogP contribution in [0.4, 0.5) is 5.69 Å². The normalized spacial score (nSPS) is 13.1. The molecule has 20 heavy (non-hydrogen) atoms. The maximum atomic E-state index is 6.18. The first-order valence-corrected chi connectivity index (χ1v) is 7.92. The molecule has 0 fully saturated rings. The van der Waals surface area contributed by atoms with Crippen LogP contribution in [0.15, 0.2) is 18.2 Å². The standard InChI is InChI=1S/C17H29ClN2/c1-12(2)10-19-11-15-7-8-16(18)9-17(15)20(6)14(5)13(3)4/h7-9,12-14,19H,10-11H2,1-6H3. The van der Waals surface area contributed by atoms with E-state index in [2.05, 4.69) is 64.0 Å². The zero-order valence-corrected chi connectivity index (χ0v) is 14.5. The predicted octanol–water partition coefficient (Wildman–Crippen LogP) is 4.57. The van der Waals surface area contributed by atoms with Crippen molar-refractivity contribution < 1.29 is 0 Å². The van der Waals surface area contributed by atoms with Gasteiger partial charge in [-0.25, -0.2) is 0 Å². The molecule has 0 aliphatic carbocycles. The van der Waals surface area contributed by atoms with Gasteiger partial charge in [-0.05, 0) is 43.0 Å². The fourth-order valence-corrected chi connectivity index (χ4v) is 2.34. The summed E-state index contributed by atoms with van der Waals surface area (Å²) < 4.78 is 0. The molecule has 0 saturated heterocycles. The lowest BCUT2D eigenvalue weighted by atomic mass is 10.0. The highest BCUT2D eigenvalue weighted by Gasteiger charge is 2.16. The summed E-state index contributed by atoms with van der Waals surface area (Å²) in [5.74, 6) is 1.27. The Kier molecular flexibility index (Phi) is 6.84. The lowest BCUT2D eigenvalue weighted by Gasteiger charge is -2.32. The van der Waals surface area contributed by atoms with Gasteiger partial charge in [0.1, 0.15) is 0 Å². The number of rotatable bonds is 7. The van der Waals surface area contributed by atoms with E-state index in [1.807, 2.05) is 6.07 Å². The van der Waals surface area contributed by atoms with Crippen LogP contribution >= 0.6 is 11.6 Å². The molecule has 0 bridgehead atoms. The van der Waals surface area contributed by atoms with Crippen molar-refractivity contribution in [1.29, 1.82) is 0 Å². The Hall–Kier alpha value is -0.730. The van der Waals surface area contributed by atoms with Crippen molar-refractivity contribution in [3.8, 4) is 0 Å². The van der Waals surface area contributed by atoms with Crippen molar-refractivity contribution in [1.82, 2.24) is 5.32 Å². The maximum Gasteiger partial charge on any atom is 0.0426 e. The Balaban J connectivity index is 2.89. The van der Waals surface area contributed by atoms with Crippen molar-refractivity contribution in [3.63, 3.8) is 0 Å². The van der Waals surface area contributed by atoms with Crippen molar-refractivity contribution >= 4 is 17.3 Å². The van der Waals surface area contributed by atoms with Gasteiger partial charge in [0.2, 0.25) is 0 Å². The van der Waals surface area contributed by atoms with Gasteiger partial charge in [0.05, 0.1) is 0 Å². The van der Waals surface area contributed by atoms with Crippen LogP contribution in [0, 0.1) is 11.8 Å². The Morgan fingerprint density at radius 1 is 1.15 bits per heavy atom. The first kappa shape index (κ1) is 17.3. The molecule has 1 unspecified atom stereocenters. The van der Waals surface area contributed by atoms with Gasteiger partial charge in [0.25, 0.3) is 0 Å². The summed E-state index contributed by atoms with van der Waals surface area (Å²) in [6, 6.07) is 6.67. The number of hydrogen-bond donors (Lipinski definition) is 1. The molecule has 0 amide bonds. The highest BCUT2D eigenvalue weighted by molar-refractivity contribution is 6.30. The Morgan fingerprint density at radius 3 is 2.35 bits per heavy atom. The van der Waals surface area contributed by atoms with Crippen molar-refractivity contribution in [2.45, 2.75) is 47.2 Å². The maximum absolute atomic E-state index is 6.18. The number of hydrogen-bond acceptors (Lipinski definition) is 2. The number of nitrogens with zero attached hydrogens (tertiary/aromatic N) is 1. The molecular weight excluding hydrogens is 268 g/mol. The van der Waals surface area contributed by atoms with E-state index >= 15 is 0 Å². The third-order valence-electron chi connectivity index (χ3n) is 3.87. The number of benzene rings is 1. The minimum absolute atomic E-state index is 0.484. The van der Waals surface area contributed by atoms with E-state index in [0.717, 1.165) is 18.1 Å². The fourth-order valence-electron chi connectivity index (χ4n) is 2.18. The minimum Gasteiger partial charge on any atom is -0.371 e. The summed E-state index contributed by atoms with van der Waals surface area (Å²) in [6.45, 7) is 13.1. The van der Waals surface area contributed by atoms with Gasteiger partial charge in [-0.1, -0.05) is 45.4 Å². The minimum atomic E-state index is 0.484. The monoisotopic (exact) mass is 296 g/mol. The molecule has 0 aromatic heterocycles. The average molecular weight is 297 g/mol. The molecule has 1 rings (SSSR count). The van der Waals surface area contributed by atoms with E-state index in [4.69, 9.17) is 11.6 Å². The van der Waals surface area contributed by atoms with Crippen molar-refractivity contribution in [3.05, 3.63) is 28.8 Å². The first-order chi connectivity index (χ1) is 9.32. The van der Waals surface area contributed by atoms with Crippen LogP contribution in [-0.4, -0.2) is 19.6 Å². The topological polar surface area (TPSA) is 15.3 Å². The summed E-state index contributed by atoms with van der Waals surface area (Å²) >= 11 is 6.18. The van der Waals surface area contributed by atoms with Crippen molar-refractivity contribution in [2.75, 3.05) is 18.5 Å². The van der Waals surface area contributed by atoms with Crippen LogP contribution in [0.5, 0.6) is 0 Å². The lowest BCUT2D eigenvalue weighted by Crippen LogP contribution is -2.34. The van der Waals surface area contributed by atoms with Gasteiger partial charge in [-0.2, -0.15) is 0 Å². The molecule has 1 N–H and O–H groups in total. The van der Waals surface area contributed by atoms with Gasteiger partial charge in [-0.15, -0.1) is 0 Å². The molecule has 0 radical (unpaired) electrons. The van der Waals surface area contributed by atoms with Crippen LogP contribution in [0.1, 0.15) is 40.2 Å². The number of nitrogens with one attached hydrogen (secondary N) is 1. The summed E-state index contributed by atoms with van der Waals surface area (Å²) in [6.07, 6.45) is 0. The number of halogens is 1. The molecule has 2 nitrogen and oxygen atoms in total. The molecular formula is C17H29ClN2. The van der Waals surface area contributed by atoms with Gasteiger partial charge in [0.15, 0.2) is 0 Å². The van der Waals surface area contributed by atoms with Crippen molar-refractivity contribution in [2.24, 2.45) is 11.8 Å². The fraction of sp³-hybridized carbons (Fsp3) is 0.647. The summed E-state index contributed by atoms with van der Waals surface area (Å²) in [7, 11) is 2.16. The second kappa shape index (κ2) is 7.90. The molecule has 0 spiro atoms. The molecule has 0 aliphatic rings. The zero-order chi connectivity index (χ0) is 15.3. The molecule has 3 heteroatoms. The second-order valence-corrected chi connectivity index (χ2v) is 6.83. The van der Waals surface area contributed by atoms with Gasteiger partial charge < -0.3 is 10.2 Å². The molecule has 1 aromatic rings. The lowest BCUT2D eigenvalue weighted by molar-refractivity contribution is 0.503. The highest BCUT2D eigenvalue weighted by atomic mass is 35.5. The van der Waals surface area contributed by atoms with Crippen LogP contribution in [-0.2, 0) is 6.54 Å². The van der Waals surface area contributed by atoms with E-state index in [9.17, 15) is 0 Å². The summed E-state index contributed by atoms with van der Waals surface area (Å²) in [5, 5.41) is 4.32. The van der Waals surface area contributed by atoms with Crippen LogP contribution in [0.3, 0.4) is 0 Å². The zero-order valence-electron chi connectivity index (χ0n) is 13.7. The van der Waals surface area contributed by atoms with Gasteiger partial charge in [-0.3, -0.25) is 0 Å². The molecule has 0 saturated carbocycles. The quantitative estimate of drug-likeness (QED) is 0.793. The van der Waals surface area contributed by atoms with E-state index in [1.165, 1.54) is 11.3 Å². The summed E-state index contributed by atoms with van der Waals surface area (Å²) in [4.78, 5) is 2.34. The van der Waals surface area contributed by atoms with Gasteiger partial charge in [0, 0.05) is 30.3 Å². The smallest absolute Gasteiger partial charge is 0.0426 e. The van der Waals surface area contributed by atoms with E-state index in [-0.39, 0.29) is 0 Å². The predicted molar refractivity (Wildman–Crippen MR) is 90.7 cm³/mol. The highest BCUT2D eigenvalue weighted by Crippen LogP contribution is 2.27. The Morgan fingerprint density at radius 2 is 1.80 bits per heavy atom. The largest absolute Gasteiger partial charge is 0.371 e. The van der Waals surface area contributed by atoms with Crippen LogP contribution in [0.2, 0.25) is 5.02 Å². The van der Waals surface area contributed by atoms with E-state index in [1.54, 1.807) is 0 Å². The molecule has 1 atom stereocenters. The average Bonchev–Trinajstić information content (AvgIpc) is 2.38. The molecule has 1 aromatic carbocycles. The SMILES string of the molecule is CC(C)CNCc1ccc(Cl)cc1N(C)C(C)C(C)C. The molecule has 0 aliphatic heterocycles. The van der Waals surface area contributed by atoms with Crippen LogP contribution in [0.25, 0.3) is 0 Å². The third-order valence-corrected chi connectivity index (χ3v) is 4.11. The Bertz CT molecular complexity index is 415. The molecule has 114 valence electrons. The molecule has 0 heterocycles. The van der Waals surface area contributed by atoms with Crippen LogP contribution < -0.4 is 10.2 Å². The van der Waals surface area contributed by atoms with Gasteiger partial charge >= 0.3 is 0 Å². The second-order valence-electron chi connectivity index (χ2n) is 6.39.